The van der Waals surface area contributed by atoms with Crippen molar-refractivity contribution in [2.75, 3.05) is 0 Å². The molecule has 1 atom stereocenters. The zero-order chi connectivity index (χ0) is 7.84. The Morgan fingerprint density at radius 2 is 2.36 bits per heavy atom. The van der Waals surface area contributed by atoms with E-state index in [2.05, 4.69) is 19.1 Å². The largest absolute Gasteiger partial charge is 0.198 e. The molecule has 0 saturated carbocycles. The quantitative estimate of drug-likeness (QED) is 0.514. The molecule has 0 spiro atoms. The Labute approximate surface area is 67.0 Å². The number of nitrogens with zero attached hydrogens (tertiary/aromatic N) is 1. The Morgan fingerprint density at radius 1 is 1.55 bits per heavy atom. The molecule has 1 unspecified atom stereocenters. The van der Waals surface area contributed by atoms with Crippen LogP contribution in [0.3, 0.4) is 0 Å². The molecule has 0 saturated heterocycles. The smallest absolute Gasteiger partial charge is 0.0713 e. The molecular formula is C10H11N. The molecule has 2 rings (SSSR count). The van der Waals surface area contributed by atoms with E-state index in [-0.39, 0.29) is 5.92 Å². The molecule has 0 aliphatic heterocycles. The first-order valence-corrected chi connectivity index (χ1v) is 4.11. The van der Waals surface area contributed by atoms with Crippen LogP contribution in [-0.2, 0) is 0 Å². The van der Waals surface area contributed by atoms with Crippen molar-refractivity contribution in [2.24, 2.45) is 5.92 Å². The average Bonchev–Trinajstić information content (AvgIpc) is 1.93. The first-order chi connectivity index (χ1) is 5.33. The van der Waals surface area contributed by atoms with Crippen LogP contribution in [-0.4, -0.2) is 0 Å². The highest BCUT2D eigenvalue weighted by Gasteiger charge is 2.27. The van der Waals surface area contributed by atoms with Gasteiger partial charge in [-0.2, -0.15) is 5.26 Å². The minimum atomic E-state index is 0.211. The molecule has 0 aromatic heterocycles. The first-order valence-electron chi connectivity index (χ1n) is 4.11. The van der Waals surface area contributed by atoms with Crippen LogP contribution in [0, 0.1) is 17.2 Å². The van der Waals surface area contributed by atoms with Crippen molar-refractivity contribution in [3.05, 3.63) is 22.8 Å². The molecule has 0 bridgehead atoms. The summed E-state index contributed by atoms with van der Waals surface area (Å²) < 4.78 is 0. The average molecular weight is 145 g/mol. The van der Waals surface area contributed by atoms with E-state index in [9.17, 15) is 0 Å². The summed E-state index contributed by atoms with van der Waals surface area (Å²) in [5.41, 5.74) is 4.31. The maximum absolute atomic E-state index is 8.79. The van der Waals surface area contributed by atoms with Crippen LogP contribution in [0.5, 0.6) is 0 Å². The lowest BCUT2D eigenvalue weighted by atomic mass is 9.73. The van der Waals surface area contributed by atoms with Gasteiger partial charge in [0, 0.05) is 0 Å². The van der Waals surface area contributed by atoms with E-state index in [1.807, 2.05) is 0 Å². The van der Waals surface area contributed by atoms with Crippen molar-refractivity contribution < 1.29 is 0 Å². The summed E-state index contributed by atoms with van der Waals surface area (Å²) in [6.07, 6.45) is 5.52. The zero-order valence-electron chi connectivity index (χ0n) is 6.72. The fraction of sp³-hybridized carbons (Fsp3) is 0.500. The van der Waals surface area contributed by atoms with Gasteiger partial charge in [-0.25, -0.2) is 0 Å². The van der Waals surface area contributed by atoms with Gasteiger partial charge in [-0.3, -0.25) is 0 Å². The summed E-state index contributed by atoms with van der Waals surface area (Å²) in [6.45, 7) is 2.15. The predicted octanol–water partition coefficient (Wildman–Crippen LogP) is 2.57. The summed E-state index contributed by atoms with van der Waals surface area (Å²) in [4.78, 5) is 0. The molecule has 0 N–H and O–H groups in total. The molecule has 0 fully saturated rings. The second-order valence-electron chi connectivity index (χ2n) is 3.31. The van der Waals surface area contributed by atoms with Gasteiger partial charge in [-0.1, -0.05) is 11.6 Å². The topological polar surface area (TPSA) is 23.8 Å². The molecule has 1 nitrogen and oxygen atoms in total. The molecule has 11 heavy (non-hydrogen) atoms. The van der Waals surface area contributed by atoms with Crippen LogP contribution in [0.15, 0.2) is 22.8 Å². The monoisotopic (exact) mass is 145 g/mol. The van der Waals surface area contributed by atoms with E-state index < -0.39 is 0 Å². The minimum absolute atomic E-state index is 0.211. The van der Waals surface area contributed by atoms with Gasteiger partial charge in [-0.15, -0.1) is 0 Å². The van der Waals surface area contributed by atoms with Gasteiger partial charge in [0.1, 0.15) is 0 Å². The molecule has 56 valence electrons. The molecule has 0 radical (unpaired) electrons. The highest BCUT2D eigenvalue weighted by atomic mass is 14.4. The summed E-state index contributed by atoms with van der Waals surface area (Å²) in [5.74, 6) is 0.211. The Bertz CT molecular complexity index is 288. The van der Waals surface area contributed by atoms with Gasteiger partial charge in [0.2, 0.25) is 0 Å². The number of nitriles is 1. The highest BCUT2D eigenvalue weighted by Crippen LogP contribution is 2.42. The van der Waals surface area contributed by atoms with Gasteiger partial charge in [0.05, 0.1) is 12.0 Å². The third kappa shape index (κ3) is 0.826. The van der Waals surface area contributed by atoms with Crippen LogP contribution in [0.4, 0.5) is 0 Å². The van der Waals surface area contributed by atoms with Gasteiger partial charge in [0.25, 0.3) is 0 Å². The molecule has 0 heterocycles. The van der Waals surface area contributed by atoms with E-state index in [4.69, 9.17) is 5.26 Å². The normalized spacial score (nSPS) is 28.4. The van der Waals surface area contributed by atoms with E-state index in [1.165, 1.54) is 29.6 Å². The van der Waals surface area contributed by atoms with E-state index in [0.717, 1.165) is 6.42 Å². The maximum atomic E-state index is 8.79. The van der Waals surface area contributed by atoms with Gasteiger partial charge < -0.3 is 0 Å². The number of rotatable bonds is 0. The van der Waals surface area contributed by atoms with E-state index >= 15 is 0 Å². The summed E-state index contributed by atoms with van der Waals surface area (Å²) >= 11 is 0. The van der Waals surface area contributed by atoms with Gasteiger partial charge in [-0.05, 0) is 37.3 Å². The molecule has 1 heteroatoms. The van der Waals surface area contributed by atoms with E-state index in [0.29, 0.717) is 0 Å². The van der Waals surface area contributed by atoms with Crippen LogP contribution in [0.2, 0.25) is 0 Å². The molecule has 0 amide bonds. The van der Waals surface area contributed by atoms with Crippen LogP contribution >= 0.6 is 0 Å². The predicted molar refractivity (Wildman–Crippen MR) is 43.7 cm³/mol. The summed E-state index contributed by atoms with van der Waals surface area (Å²) in [5, 5.41) is 8.79. The molecular weight excluding hydrogens is 134 g/mol. The Hall–Kier alpha value is -1.03. The molecule has 0 aromatic rings. The Morgan fingerprint density at radius 3 is 2.91 bits per heavy atom. The van der Waals surface area contributed by atoms with Crippen molar-refractivity contribution in [2.45, 2.75) is 26.2 Å². The lowest BCUT2D eigenvalue weighted by Gasteiger charge is -2.31. The summed E-state index contributed by atoms with van der Waals surface area (Å²) in [7, 11) is 0. The second kappa shape index (κ2) is 2.23. The number of allylic oxidation sites excluding steroid dienone is 4. The minimum Gasteiger partial charge on any atom is -0.198 e. The van der Waals surface area contributed by atoms with Crippen LogP contribution < -0.4 is 0 Å². The fourth-order valence-electron chi connectivity index (χ4n) is 1.92. The Balaban J connectivity index is 2.35. The van der Waals surface area contributed by atoms with Crippen molar-refractivity contribution in [1.82, 2.24) is 0 Å². The van der Waals surface area contributed by atoms with E-state index in [1.54, 1.807) is 0 Å². The zero-order valence-corrected chi connectivity index (χ0v) is 6.72. The molecule has 0 aromatic carbocycles. The van der Waals surface area contributed by atoms with Crippen LogP contribution in [0.1, 0.15) is 26.2 Å². The summed E-state index contributed by atoms with van der Waals surface area (Å²) in [6, 6.07) is 2.35. The highest BCUT2D eigenvalue weighted by molar-refractivity contribution is 5.46. The first kappa shape index (κ1) is 6.67. The molecule has 2 aliphatic rings. The lowest BCUT2D eigenvalue weighted by Crippen LogP contribution is -2.17. The van der Waals surface area contributed by atoms with Crippen molar-refractivity contribution in [3.63, 3.8) is 0 Å². The van der Waals surface area contributed by atoms with Crippen molar-refractivity contribution in [1.29, 1.82) is 5.26 Å². The lowest BCUT2D eigenvalue weighted by molar-refractivity contribution is 0.633. The van der Waals surface area contributed by atoms with Gasteiger partial charge >= 0.3 is 0 Å². The van der Waals surface area contributed by atoms with Crippen molar-refractivity contribution in [3.8, 4) is 6.07 Å². The maximum Gasteiger partial charge on any atom is 0.0713 e. The standard InChI is InChI=1S/C10H11N/c1-7-2-3-8(6-11)10-5-4-9(7)10/h2,8H,3-5H2,1H3. The second-order valence-corrected chi connectivity index (χ2v) is 3.31. The molecule has 2 aliphatic carbocycles. The van der Waals surface area contributed by atoms with Crippen molar-refractivity contribution >= 4 is 0 Å². The third-order valence-electron chi connectivity index (χ3n) is 2.74. The van der Waals surface area contributed by atoms with Crippen LogP contribution in [0.25, 0.3) is 0 Å². The number of hydrogen-bond acceptors (Lipinski definition) is 1. The third-order valence-corrected chi connectivity index (χ3v) is 2.74. The number of hydrogen-bond donors (Lipinski definition) is 0. The van der Waals surface area contributed by atoms with Gasteiger partial charge in [0.15, 0.2) is 0 Å². The Kier molecular flexibility index (Phi) is 1.35. The fourth-order valence-corrected chi connectivity index (χ4v) is 1.92. The SMILES string of the molecule is CC1=CCC(C#N)C2=C1CC2.